The molecule has 1 saturated heterocycles. The molecule has 0 unspecified atom stereocenters. The minimum atomic E-state index is -0.675. The number of carbonyl (C=O) groups excluding carboxylic acids is 2. The Labute approximate surface area is 159 Å². The largest absolute Gasteiger partial charge is 0.384 e. The van der Waals surface area contributed by atoms with Gasteiger partial charge in [0.15, 0.2) is 0 Å². The van der Waals surface area contributed by atoms with Gasteiger partial charge in [0.25, 0.3) is 11.5 Å². The zero-order valence-corrected chi connectivity index (χ0v) is 16.0. The molecular weight excluding hydrogens is 370 g/mol. The van der Waals surface area contributed by atoms with Crippen LogP contribution in [0.4, 0.5) is 5.82 Å². The smallest absolute Gasteiger partial charge is 0.332 e. The number of aromatic nitrogens is 2. The molecule has 0 radical (unpaired) electrons. The standard InChI is InChI=1S/C17H21N5O4S/c1-19-14(18)13(16(25)20(2)17(19)26)11(23)10-21-5-7-22(8-6-21)15(24)12-4-3-9-27-12/h3-4,9H,5-8,10,18H2,1-2H3/p+1. The number of quaternary nitrogens is 1. The predicted molar refractivity (Wildman–Crippen MR) is 101 cm³/mol. The summed E-state index contributed by atoms with van der Waals surface area (Å²) in [4.78, 5) is 52.7. The molecule has 0 saturated carbocycles. The van der Waals surface area contributed by atoms with Crippen LogP contribution in [-0.2, 0) is 14.1 Å². The first kappa shape index (κ1) is 19.1. The van der Waals surface area contributed by atoms with Crippen molar-refractivity contribution in [3.8, 4) is 0 Å². The van der Waals surface area contributed by atoms with E-state index in [-0.39, 0.29) is 23.8 Å². The van der Waals surface area contributed by atoms with Crippen molar-refractivity contribution in [3.63, 3.8) is 0 Å². The SMILES string of the molecule is Cn1c(N)c(C(=O)C[NH+]2CCN(C(=O)c3cccs3)CC2)c(=O)n(C)c1=O. The maximum absolute atomic E-state index is 12.7. The Hall–Kier alpha value is -2.72. The summed E-state index contributed by atoms with van der Waals surface area (Å²) in [6.45, 7) is 2.39. The van der Waals surface area contributed by atoms with Gasteiger partial charge in [-0.3, -0.25) is 23.5 Å². The lowest BCUT2D eigenvalue weighted by Gasteiger charge is -2.31. The Bertz CT molecular complexity index is 984. The molecule has 10 heteroatoms. The number of anilines is 1. The second-order valence-corrected chi connectivity index (χ2v) is 7.53. The maximum atomic E-state index is 12.7. The summed E-state index contributed by atoms with van der Waals surface area (Å²) in [5.74, 6) is -0.498. The van der Waals surface area contributed by atoms with Gasteiger partial charge in [0.05, 0.1) is 31.1 Å². The molecule has 0 bridgehead atoms. The van der Waals surface area contributed by atoms with E-state index in [1.54, 1.807) is 11.0 Å². The number of piperazine rings is 1. The fraction of sp³-hybridized carbons (Fsp3) is 0.412. The highest BCUT2D eigenvalue weighted by molar-refractivity contribution is 7.12. The lowest BCUT2D eigenvalue weighted by atomic mass is 10.1. The van der Waals surface area contributed by atoms with E-state index in [1.165, 1.54) is 25.4 Å². The van der Waals surface area contributed by atoms with E-state index in [9.17, 15) is 19.2 Å². The molecule has 2 aromatic heterocycles. The Balaban J connectivity index is 1.68. The minimum Gasteiger partial charge on any atom is -0.384 e. The Morgan fingerprint density at radius 2 is 1.85 bits per heavy atom. The number of hydrogen-bond donors (Lipinski definition) is 2. The second-order valence-electron chi connectivity index (χ2n) is 6.59. The first-order chi connectivity index (χ1) is 12.8. The third-order valence-corrected chi connectivity index (χ3v) is 5.75. The quantitative estimate of drug-likeness (QED) is 0.582. The highest BCUT2D eigenvalue weighted by atomic mass is 32.1. The number of ketones is 1. The number of hydrogen-bond acceptors (Lipinski definition) is 6. The van der Waals surface area contributed by atoms with Gasteiger partial charge in [0.2, 0.25) is 5.78 Å². The number of carbonyl (C=O) groups is 2. The zero-order valence-electron chi connectivity index (χ0n) is 15.2. The molecule has 1 aliphatic heterocycles. The number of nitrogens with zero attached hydrogens (tertiary/aromatic N) is 3. The maximum Gasteiger partial charge on any atom is 0.332 e. The monoisotopic (exact) mass is 392 g/mol. The summed E-state index contributed by atoms with van der Waals surface area (Å²) in [6, 6.07) is 3.64. The van der Waals surface area contributed by atoms with E-state index in [0.29, 0.717) is 31.1 Å². The molecule has 3 N–H and O–H groups in total. The van der Waals surface area contributed by atoms with Gasteiger partial charge in [-0.05, 0) is 11.4 Å². The summed E-state index contributed by atoms with van der Waals surface area (Å²) in [6.07, 6.45) is 0. The Kier molecular flexibility index (Phi) is 5.29. The first-order valence-electron chi connectivity index (χ1n) is 8.56. The Morgan fingerprint density at radius 3 is 2.44 bits per heavy atom. The van der Waals surface area contributed by atoms with Crippen molar-refractivity contribution in [2.45, 2.75) is 0 Å². The van der Waals surface area contributed by atoms with Crippen LogP contribution in [0.3, 0.4) is 0 Å². The summed E-state index contributed by atoms with van der Waals surface area (Å²) in [7, 11) is 2.75. The van der Waals surface area contributed by atoms with E-state index < -0.39 is 17.0 Å². The van der Waals surface area contributed by atoms with E-state index in [0.717, 1.165) is 14.0 Å². The van der Waals surface area contributed by atoms with E-state index in [4.69, 9.17) is 5.73 Å². The van der Waals surface area contributed by atoms with E-state index >= 15 is 0 Å². The molecule has 1 amide bonds. The molecule has 0 spiro atoms. The number of nitrogen functional groups attached to an aromatic ring is 1. The summed E-state index contributed by atoms with van der Waals surface area (Å²) < 4.78 is 1.98. The topological polar surface area (TPSA) is 112 Å². The molecule has 2 aromatic rings. The van der Waals surface area contributed by atoms with E-state index in [1.807, 2.05) is 11.4 Å². The number of rotatable bonds is 4. The van der Waals surface area contributed by atoms with E-state index in [2.05, 4.69) is 0 Å². The number of Topliss-reactive ketones (excluding diaryl/α,β-unsaturated/α-hetero) is 1. The van der Waals surface area contributed by atoms with Crippen molar-refractivity contribution in [1.29, 1.82) is 0 Å². The highest BCUT2D eigenvalue weighted by Crippen LogP contribution is 2.12. The van der Waals surface area contributed by atoms with Gasteiger partial charge in [-0.1, -0.05) is 6.07 Å². The van der Waals surface area contributed by atoms with Crippen LogP contribution in [0.1, 0.15) is 20.0 Å². The zero-order chi connectivity index (χ0) is 19.7. The lowest BCUT2D eigenvalue weighted by Crippen LogP contribution is -3.15. The molecule has 9 nitrogen and oxygen atoms in total. The van der Waals surface area contributed by atoms with Gasteiger partial charge >= 0.3 is 5.69 Å². The minimum absolute atomic E-state index is 0.00606. The van der Waals surface area contributed by atoms with Crippen LogP contribution in [0.2, 0.25) is 0 Å². The van der Waals surface area contributed by atoms with Crippen LogP contribution < -0.4 is 21.9 Å². The van der Waals surface area contributed by atoms with Gasteiger partial charge in [0, 0.05) is 14.1 Å². The lowest BCUT2D eigenvalue weighted by molar-refractivity contribution is -0.895. The fourth-order valence-electron chi connectivity index (χ4n) is 3.20. The van der Waals surface area contributed by atoms with Crippen LogP contribution in [0.5, 0.6) is 0 Å². The van der Waals surface area contributed by atoms with Gasteiger partial charge in [0.1, 0.15) is 17.9 Å². The van der Waals surface area contributed by atoms with Crippen molar-refractivity contribution in [2.75, 3.05) is 38.5 Å². The average molecular weight is 392 g/mol. The van der Waals surface area contributed by atoms with Gasteiger partial charge < -0.3 is 15.5 Å². The molecule has 0 atom stereocenters. The van der Waals surface area contributed by atoms with Crippen molar-refractivity contribution in [2.24, 2.45) is 14.1 Å². The fourth-order valence-corrected chi connectivity index (χ4v) is 3.89. The number of nitrogens with two attached hydrogens (primary N) is 1. The molecule has 3 heterocycles. The second kappa shape index (κ2) is 7.49. The van der Waals surface area contributed by atoms with Gasteiger partial charge in [-0.25, -0.2) is 4.79 Å². The molecule has 144 valence electrons. The van der Waals surface area contributed by atoms with Crippen molar-refractivity contribution < 1.29 is 14.5 Å². The molecule has 3 rings (SSSR count). The molecule has 1 aliphatic rings. The predicted octanol–water partition coefficient (Wildman–Crippen LogP) is -2.05. The van der Waals surface area contributed by atoms with Crippen molar-refractivity contribution >= 4 is 28.8 Å². The van der Waals surface area contributed by atoms with Crippen LogP contribution in [0.25, 0.3) is 0 Å². The molecule has 0 aromatic carbocycles. The van der Waals surface area contributed by atoms with Crippen LogP contribution in [-0.4, -0.2) is 58.4 Å². The molecule has 27 heavy (non-hydrogen) atoms. The van der Waals surface area contributed by atoms with Crippen LogP contribution >= 0.6 is 11.3 Å². The van der Waals surface area contributed by atoms with Crippen molar-refractivity contribution in [1.82, 2.24) is 14.0 Å². The molecule has 0 aliphatic carbocycles. The van der Waals surface area contributed by atoms with Crippen LogP contribution in [0, 0.1) is 0 Å². The Morgan fingerprint density at radius 1 is 1.19 bits per heavy atom. The van der Waals surface area contributed by atoms with Crippen LogP contribution in [0.15, 0.2) is 27.1 Å². The van der Waals surface area contributed by atoms with Gasteiger partial charge in [-0.2, -0.15) is 0 Å². The third-order valence-electron chi connectivity index (χ3n) is 4.89. The van der Waals surface area contributed by atoms with Gasteiger partial charge in [-0.15, -0.1) is 11.3 Å². The molecular formula is C17H22N5O4S+. The normalized spacial score (nSPS) is 15.1. The van der Waals surface area contributed by atoms with Crippen molar-refractivity contribution in [3.05, 3.63) is 48.8 Å². The molecule has 1 fully saturated rings. The summed E-state index contributed by atoms with van der Waals surface area (Å²) >= 11 is 1.41. The first-order valence-corrected chi connectivity index (χ1v) is 9.44. The summed E-state index contributed by atoms with van der Waals surface area (Å²) in [5.41, 5.74) is 4.45. The number of thiophene rings is 1. The highest BCUT2D eigenvalue weighted by Gasteiger charge is 2.29. The third kappa shape index (κ3) is 3.58. The number of nitrogens with one attached hydrogen (secondary N) is 1. The number of amides is 1. The average Bonchev–Trinajstić information content (AvgIpc) is 3.20. The summed E-state index contributed by atoms with van der Waals surface area (Å²) in [5, 5.41) is 1.87.